The summed E-state index contributed by atoms with van der Waals surface area (Å²) >= 11 is 0. The monoisotopic (exact) mass is 326 g/mol. The van der Waals surface area contributed by atoms with E-state index in [1.54, 1.807) is 44.5 Å². The molecule has 2 aromatic rings. The molecule has 0 aliphatic carbocycles. The molecule has 3 rings (SSSR count). The minimum atomic E-state index is -0.637. The SMILES string of the molecule is C[C@@H]1N=C(C(=O)N(C)Cc2ccco2)NN(c2ccccc2)C1=O. The lowest BCUT2D eigenvalue weighted by Crippen LogP contribution is -2.58. The second-order valence-electron chi connectivity index (χ2n) is 5.52. The number of furan rings is 1. The van der Waals surface area contributed by atoms with Crippen molar-refractivity contribution in [3.05, 3.63) is 54.5 Å². The number of nitrogens with one attached hydrogen (secondary N) is 1. The van der Waals surface area contributed by atoms with Crippen LogP contribution in [0.4, 0.5) is 5.69 Å². The third-order valence-electron chi connectivity index (χ3n) is 3.66. The van der Waals surface area contributed by atoms with Crippen molar-refractivity contribution in [3.8, 4) is 0 Å². The third-order valence-corrected chi connectivity index (χ3v) is 3.66. The average molecular weight is 326 g/mol. The number of hydrogen-bond acceptors (Lipinski definition) is 5. The number of anilines is 1. The molecule has 0 spiro atoms. The number of amidine groups is 1. The highest BCUT2D eigenvalue weighted by Crippen LogP contribution is 2.16. The summed E-state index contributed by atoms with van der Waals surface area (Å²) in [6.45, 7) is 1.99. The van der Waals surface area contributed by atoms with Gasteiger partial charge in [-0.1, -0.05) is 18.2 Å². The number of hydrogen-bond donors (Lipinski definition) is 1. The van der Waals surface area contributed by atoms with Crippen LogP contribution in [0.25, 0.3) is 0 Å². The van der Waals surface area contributed by atoms with Crippen molar-refractivity contribution in [3.63, 3.8) is 0 Å². The van der Waals surface area contributed by atoms with Gasteiger partial charge in [0.1, 0.15) is 11.8 Å². The third kappa shape index (κ3) is 3.15. The molecule has 0 saturated carbocycles. The molecule has 7 heteroatoms. The predicted octanol–water partition coefficient (Wildman–Crippen LogP) is 1.58. The van der Waals surface area contributed by atoms with Gasteiger partial charge in [0.15, 0.2) is 0 Å². The molecule has 0 radical (unpaired) electrons. The molecule has 7 nitrogen and oxygen atoms in total. The number of benzene rings is 1. The van der Waals surface area contributed by atoms with Gasteiger partial charge in [-0.3, -0.25) is 15.0 Å². The maximum atomic E-state index is 12.6. The number of likely N-dealkylation sites (N-methyl/N-ethyl adjacent to an activating group) is 1. The van der Waals surface area contributed by atoms with Gasteiger partial charge in [0, 0.05) is 7.05 Å². The largest absolute Gasteiger partial charge is 0.467 e. The highest BCUT2D eigenvalue weighted by atomic mass is 16.3. The summed E-state index contributed by atoms with van der Waals surface area (Å²) in [5, 5.41) is 1.35. The number of hydrazine groups is 1. The Hall–Kier alpha value is -3.09. The number of para-hydroxylation sites is 1. The normalized spacial score (nSPS) is 17.2. The average Bonchev–Trinajstić information content (AvgIpc) is 3.10. The van der Waals surface area contributed by atoms with Crippen LogP contribution >= 0.6 is 0 Å². The van der Waals surface area contributed by atoms with Gasteiger partial charge in [-0.05, 0) is 31.2 Å². The Bertz CT molecular complexity index is 755. The van der Waals surface area contributed by atoms with Crippen LogP contribution in [0.2, 0.25) is 0 Å². The zero-order valence-corrected chi connectivity index (χ0v) is 13.5. The fourth-order valence-corrected chi connectivity index (χ4v) is 2.39. The number of nitrogens with zero attached hydrogens (tertiary/aromatic N) is 3. The lowest BCUT2D eigenvalue weighted by molar-refractivity contribution is -0.124. The summed E-state index contributed by atoms with van der Waals surface area (Å²) in [5.74, 6) is 0.268. The van der Waals surface area contributed by atoms with Crippen molar-refractivity contribution in [2.45, 2.75) is 19.5 Å². The molecule has 1 aliphatic heterocycles. The summed E-state index contributed by atoms with van der Waals surface area (Å²) in [4.78, 5) is 30.6. The standard InChI is InChI=1S/C17H18N4O3/c1-12-16(22)21(13-7-4-3-5-8-13)19-15(18-12)17(23)20(2)11-14-9-6-10-24-14/h3-10,12H,11H2,1-2H3,(H,18,19)/t12-/m0/s1. The Morgan fingerprint density at radius 1 is 1.29 bits per heavy atom. The first-order valence-corrected chi connectivity index (χ1v) is 7.57. The lowest BCUT2D eigenvalue weighted by Gasteiger charge is -2.31. The quantitative estimate of drug-likeness (QED) is 0.925. The van der Waals surface area contributed by atoms with Crippen molar-refractivity contribution in [1.29, 1.82) is 0 Å². The van der Waals surface area contributed by atoms with Gasteiger partial charge in [0.25, 0.3) is 11.8 Å². The molecule has 1 aliphatic rings. The van der Waals surface area contributed by atoms with Gasteiger partial charge in [-0.25, -0.2) is 10.0 Å². The van der Waals surface area contributed by atoms with E-state index in [9.17, 15) is 9.59 Å². The number of amides is 2. The molecule has 0 saturated heterocycles. The van der Waals surface area contributed by atoms with Crippen molar-refractivity contribution >= 4 is 23.3 Å². The van der Waals surface area contributed by atoms with Crippen molar-refractivity contribution in [2.75, 3.05) is 12.1 Å². The van der Waals surface area contributed by atoms with Gasteiger partial charge in [-0.15, -0.1) is 0 Å². The molecule has 0 fully saturated rings. The smallest absolute Gasteiger partial charge is 0.290 e. The Kier molecular flexibility index (Phi) is 4.33. The zero-order chi connectivity index (χ0) is 17.1. The molecule has 2 heterocycles. The van der Waals surface area contributed by atoms with Gasteiger partial charge < -0.3 is 9.32 Å². The number of carbonyl (C=O) groups excluding carboxylic acids is 2. The van der Waals surface area contributed by atoms with Gasteiger partial charge >= 0.3 is 0 Å². The van der Waals surface area contributed by atoms with E-state index in [2.05, 4.69) is 10.4 Å². The minimum Gasteiger partial charge on any atom is -0.467 e. The van der Waals surface area contributed by atoms with E-state index in [4.69, 9.17) is 4.42 Å². The predicted molar refractivity (Wildman–Crippen MR) is 89.1 cm³/mol. The van der Waals surface area contributed by atoms with E-state index in [0.717, 1.165) is 0 Å². The van der Waals surface area contributed by atoms with E-state index < -0.39 is 6.04 Å². The van der Waals surface area contributed by atoms with E-state index in [1.165, 1.54) is 9.91 Å². The van der Waals surface area contributed by atoms with Crippen LogP contribution in [0.1, 0.15) is 12.7 Å². The zero-order valence-electron chi connectivity index (χ0n) is 13.5. The second-order valence-corrected chi connectivity index (χ2v) is 5.52. The molecule has 24 heavy (non-hydrogen) atoms. The first-order valence-electron chi connectivity index (χ1n) is 7.57. The molecule has 2 amide bonds. The van der Waals surface area contributed by atoms with Gasteiger partial charge in [0.2, 0.25) is 5.84 Å². The van der Waals surface area contributed by atoms with E-state index in [0.29, 0.717) is 18.0 Å². The maximum absolute atomic E-state index is 12.6. The summed E-state index contributed by atoms with van der Waals surface area (Å²) < 4.78 is 5.25. The molecule has 1 N–H and O–H groups in total. The molecular weight excluding hydrogens is 308 g/mol. The molecular formula is C17H18N4O3. The van der Waals surface area contributed by atoms with Crippen LogP contribution in [0.15, 0.2) is 58.1 Å². The fourth-order valence-electron chi connectivity index (χ4n) is 2.39. The molecule has 124 valence electrons. The Morgan fingerprint density at radius 3 is 2.71 bits per heavy atom. The van der Waals surface area contributed by atoms with Crippen LogP contribution in [-0.4, -0.2) is 35.6 Å². The summed E-state index contributed by atoms with van der Waals surface area (Å²) in [5.41, 5.74) is 3.48. The Balaban J connectivity index is 1.78. The van der Waals surface area contributed by atoms with Crippen molar-refractivity contribution < 1.29 is 14.0 Å². The highest BCUT2D eigenvalue weighted by Gasteiger charge is 2.31. The molecule has 0 unspecified atom stereocenters. The molecule has 1 atom stereocenters. The van der Waals surface area contributed by atoms with Crippen LogP contribution in [0, 0.1) is 0 Å². The minimum absolute atomic E-state index is 0.125. The molecule has 0 bridgehead atoms. The van der Waals surface area contributed by atoms with Crippen LogP contribution < -0.4 is 10.4 Å². The Morgan fingerprint density at radius 2 is 2.04 bits per heavy atom. The van der Waals surface area contributed by atoms with Crippen LogP contribution in [0.5, 0.6) is 0 Å². The topological polar surface area (TPSA) is 78.2 Å². The maximum Gasteiger partial charge on any atom is 0.290 e. The molecule has 1 aromatic heterocycles. The van der Waals surface area contributed by atoms with Gasteiger partial charge in [-0.2, -0.15) is 0 Å². The van der Waals surface area contributed by atoms with Crippen molar-refractivity contribution in [1.82, 2.24) is 10.3 Å². The van der Waals surface area contributed by atoms with Crippen molar-refractivity contribution in [2.24, 2.45) is 4.99 Å². The van der Waals surface area contributed by atoms with Gasteiger partial charge in [0.05, 0.1) is 18.5 Å². The number of carbonyl (C=O) groups is 2. The summed E-state index contributed by atoms with van der Waals surface area (Å²) in [7, 11) is 1.66. The first kappa shape index (κ1) is 15.8. The summed E-state index contributed by atoms with van der Waals surface area (Å²) in [6, 6.07) is 12.0. The fraction of sp³-hybridized carbons (Fsp3) is 0.235. The molecule has 1 aromatic carbocycles. The first-order chi connectivity index (χ1) is 11.6. The second kappa shape index (κ2) is 6.57. The summed E-state index contributed by atoms with van der Waals surface area (Å²) in [6.07, 6.45) is 1.56. The Labute approximate surface area is 139 Å². The van der Waals surface area contributed by atoms with E-state index in [-0.39, 0.29) is 17.6 Å². The van der Waals surface area contributed by atoms with E-state index >= 15 is 0 Å². The van der Waals surface area contributed by atoms with Crippen LogP contribution in [0.3, 0.4) is 0 Å². The van der Waals surface area contributed by atoms with Crippen LogP contribution in [-0.2, 0) is 16.1 Å². The number of aliphatic imine (C=N–C) groups is 1. The number of rotatable bonds is 4. The lowest BCUT2D eigenvalue weighted by atomic mass is 10.2. The highest BCUT2D eigenvalue weighted by molar-refractivity contribution is 6.39. The van der Waals surface area contributed by atoms with E-state index in [1.807, 2.05) is 18.2 Å².